The Bertz CT molecular complexity index is 836. The molecule has 0 spiro atoms. The van der Waals surface area contributed by atoms with Crippen LogP contribution >= 0.6 is 0 Å². The Balaban J connectivity index is 1.30. The van der Waals surface area contributed by atoms with Crippen LogP contribution in [0.2, 0.25) is 0 Å². The number of benzene rings is 1. The number of methoxy groups -OCH3 is 1. The summed E-state index contributed by atoms with van der Waals surface area (Å²) >= 11 is 0. The molecule has 2 aromatic rings. The number of hydrogen-bond acceptors (Lipinski definition) is 6. The maximum absolute atomic E-state index is 12.0. The van der Waals surface area contributed by atoms with E-state index in [0.29, 0.717) is 6.54 Å². The van der Waals surface area contributed by atoms with Gasteiger partial charge in [0.1, 0.15) is 17.5 Å². The standard InChI is InChI=1S/C21H28N4O4/c1-28-19-5-3-2-4-16(19)18-12-25(24-23-18)11-10-15-8-9-17(20(13-26)29-15)22-21(27)14-6-7-14/h2-5,12,14-15,17,20,26H,6-11,13H2,1H3,(H,22,27)/t15-,17+,20+/m1/s1. The van der Waals surface area contributed by atoms with E-state index in [2.05, 4.69) is 15.6 Å². The lowest BCUT2D eigenvalue weighted by Gasteiger charge is -2.36. The lowest BCUT2D eigenvalue weighted by Crippen LogP contribution is -2.51. The molecule has 2 N–H and O–H groups in total. The molecule has 0 unspecified atom stereocenters. The number of nitrogens with one attached hydrogen (secondary N) is 1. The van der Waals surface area contributed by atoms with Crippen molar-refractivity contribution in [2.24, 2.45) is 5.92 Å². The van der Waals surface area contributed by atoms with Crippen LogP contribution in [0.4, 0.5) is 0 Å². The number of rotatable bonds is 8. The van der Waals surface area contributed by atoms with E-state index < -0.39 is 0 Å². The Morgan fingerprint density at radius 3 is 2.90 bits per heavy atom. The van der Waals surface area contributed by atoms with Gasteiger partial charge in [0.05, 0.1) is 32.1 Å². The van der Waals surface area contributed by atoms with Crippen LogP contribution in [-0.2, 0) is 16.1 Å². The average Bonchev–Trinajstić information content (AvgIpc) is 3.51. The van der Waals surface area contributed by atoms with E-state index in [9.17, 15) is 9.90 Å². The van der Waals surface area contributed by atoms with Gasteiger partial charge < -0.3 is 19.9 Å². The Kier molecular flexibility index (Phi) is 6.10. The minimum Gasteiger partial charge on any atom is -0.496 e. The molecule has 1 saturated heterocycles. The fourth-order valence-corrected chi connectivity index (χ4v) is 3.82. The molecule has 2 heterocycles. The molecule has 29 heavy (non-hydrogen) atoms. The molecule has 1 aromatic carbocycles. The minimum absolute atomic E-state index is 0.0279. The highest BCUT2D eigenvalue weighted by molar-refractivity contribution is 5.81. The molecule has 3 atom stereocenters. The van der Waals surface area contributed by atoms with Crippen molar-refractivity contribution in [2.75, 3.05) is 13.7 Å². The molecule has 0 bridgehead atoms. The average molecular weight is 400 g/mol. The van der Waals surface area contributed by atoms with Crippen LogP contribution in [0.3, 0.4) is 0 Å². The quantitative estimate of drug-likeness (QED) is 0.701. The van der Waals surface area contributed by atoms with Crippen LogP contribution in [0.5, 0.6) is 5.75 Å². The predicted molar refractivity (Wildman–Crippen MR) is 106 cm³/mol. The van der Waals surface area contributed by atoms with Gasteiger partial charge in [-0.25, -0.2) is 0 Å². The molecule has 1 aromatic heterocycles. The van der Waals surface area contributed by atoms with E-state index in [1.54, 1.807) is 11.8 Å². The zero-order valence-electron chi connectivity index (χ0n) is 16.7. The summed E-state index contributed by atoms with van der Waals surface area (Å²) in [5, 5.41) is 21.2. The van der Waals surface area contributed by atoms with E-state index in [1.165, 1.54) is 0 Å². The van der Waals surface area contributed by atoms with Gasteiger partial charge in [-0.15, -0.1) is 5.10 Å². The van der Waals surface area contributed by atoms with Crippen molar-refractivity contribution >= 4 is 5.91 Å². The summed E-state index contributed by atoms with van der Waals surface area (Å²) in [7, 11) is 1.64. The highest BCUT2D eigenvalue weighted by Crippen LogP contribution is 2.30. The van der Waals surface area contributed by atoms with Gasteiger partial charge in [0.2, 0.25) is 5.91 Å². The van der Waals surface area contributed by atoms with Crippen molar-refractivity contribution in [1.82, 2.24) is 20.3 Å². The van der Waals surface area contributed by atoms with E-state index in [4.69, 9.17) is 9.47 Å². The van der Waals surface area contributed by atoms with Gasteiger partial charge >= 0.3 is 0 Å². The zero-order chi connectivity index (χ0) is 20.2. The van der Waals surface area contributed by atoms with Crippen molar-refractivity contribution < 1.29 is 19.4 Å². The van der Waals surface area contributed by atoms with Crippen molar-refractivity contribution in [3.05, 3.63) is 30.5 Å². The number of nitrogens with zero attached hydrogens (tertiary/aromatic N) is 3. The van der Waals surface area contributed by atoms with Gasteiger partial charge in [-0.3, -0.25) is 9.48 Å². The maximum atomic E-state index is 12.0. The summed E-state index contributed by atoms with van der Waals surface area (Å²) in [5.74, 6) is 1.03. The van der Waals surface area contributed by atoms with Crippen LogP contribution in [-0.4, -0.2) is 58.0 Å². The summed E-state index contributed by atoms with van der Waals surface area (Å²) in [6.45, 7) is 0.581. The molecule has 1 aliphatic heterocycles. The number of aryl methyl sites for hydroxylation is 1. The highest BCUT2D eigenvalue weighted by Gasteiger charge is 2.36. The van der Waals surface area contributed by atoms with E-state index in [-0.39, 0.29) is 36.7 Å². The third-order valence-corrected chi connectivity index (χ3v) is 5.67. The second-order valence-corrected chi connectivity index (χ2v) is 7.80. The normalized spacial score (nSPS) is 24.3. The second kappa shape index (κ2) is 8.92. The Morgan fingerprint density at radius 1 is 1.31 bits per heavy atom. The summed E-state index contributed by atoms with van der Waals surface area (Å²) < 4.78 is 13.3. The first kappa shape index (κ1) is 19.8. The number of aromatic nitrogens is 3. The van der Waals surface area contributed by atoms with Gasteiger partial charge in [-0.2, -0.15) is 0 Å². The van der Waals surface area contributed by atoms with Gasteiger partial charge in [-0.05, 0) is 44.2 Å². The van der Waals surface area contributed by atoms with Crippen LogP contribution in [0.25, 0.3) is 11.3 Å². The molecular weight excluding hydrogens is 372 g/mol. The summed E-state index contributed by atoms with van der Waals surface area (Å²) in [6.07, 6.45) is 5.97. The molecule has 1 amide bonds. The largest absolute Gasteiger partial charge is 0.496 e. The van der Waals surface area contributed by atoms with Crippen LogP contribution < -0.4 is 10.1 Å². The lowest BCUT2D eigenvalue weighted by molar-refractivity contribution is -0.129. The van der Waals surface area contributed by atoms with Crippen LogP contribution in [0.1, 0.15) is 32.1 Å². The molecule has 4 rings (SSSR count). The van der Waals surface area contributed by atoms with Crippen molar-refractivity contribution in [3.63, 3.8) is 0 Å². The van der Waals surface area contributed by atoms with Crippen molar-refractivity contribution in [1.29, 1.82) is 0 Å². The van der Waals surface area contributed by atoms with Gasteiger partial charge in [0, 0.05) is 18.0 Å². The first-order valence-corrected chi connectivity index (χ1v) is 10.3. The van der Waals surface area contributed by atoms with E-state index in [0.717, 1.165) is 49.1 Å². The number of aliphatic hydroxyl groups excluding tert-OH is 1. The van der Waals surface area contributed by atoms with Crippen LogP contribution in [0, 0.1) is 5.92 Å². The molecular formula is C21H28N4O4. The summed E-state index contributed by atoms with van der Waals surface area (Å²) in [6, 6.07) is 7.62. The van der Waals surface area contributed by atoms with Gasteiger partial charge in [-0.1, -0.05) is 17.3 Å². The Labute approximate surface area is 170 Å². The Hall–Kier alpha value is -2.45. The number of hydrogen-bond donors (Lipinski definition) is 2. The number of aliphatic hydroxyl groups is 1. The molecule has 1 saturated carbocycles. The molecule has 8 heteroatoms. The molecule has 2 fully saturated rings. The number of amides is 1. The molecule has 1 aliphatic carbocycles. The second-order valence-electron chi connectivity index (χ2n) is 7.80. The fraction of sp³-hybridized carbons (Fsp3) is 0.571. The summed E-state index contributed by atoms with van der Waals surface area (Å²) in [4.78, 5) is 12.0. The summed E-state index contributed by atoms with van der Waals surface area (Å²) in [5.41, 5.74) is 1.67. The minimum atomic E-state index is -0.351. The maximum Gasteiger partial charge on any atom is 0.223 e. The fourth-order valence-electron chi connectivity index (χ4n) is 3.82. The van der Waals surface area contributed by atoms with E-state index >= 15 is 0 Å². The smallest absolute Gasteiger partial charge is 0.223 e. The topological polar surface area (TPSA) is 98.5 Å². The molecule has 156 valence electrons. The number of carbonyl (C=O) groups is 1. The molecule has 8 nitrogen and oxygen atoms in total. The van der Waals surface area contributed by atoms with Crippen LogP contribution in [0.15, 0.2) is 30.5 Å². The van der Waals surface area contributed by atoms with Gasteiger partial charge in [0.15, 0.2) is 0 Å². The van der Waals surface area contributed by atoms with Gasteiger partial charge in [0.25, 0.3) is 0 Å². The lowest BCUT2D eigenvalue weighted by atomic mass is 9.97. The number of ether oxygens (including phenoxy) is 2. The number of para-hydroxylation sites is 1. The first-order chi connectivity index (χ1) is 14.2. The predicted octanol–water partition coefficient (Wildman–Crippen LogP) is 1.78. The number of carbonyl (C=O) groups excluding carboxylic acids is 1. The zero-order valence-corrected chi connectivity index (χ0v) is 16.7. The first-order valence-electron chi connectivity index (χ1n) is 10.3. The molecule has 0 radical (unpaired) electrons. The highest BCUT2D eigenvalue weighted by atomic mass is 16.5. The van der Waals surface area contributed by atoms with Crippen molar-refractivity contribution in [3.8, 4) is 17.0 Å². The monoisotopic (exact) mass is 400 g/mol. The SMILES string of the molecule is COc1ccccc1-c1cn(CC[C@H]2CC[C@H](NC(=O)C3CC3)[C@H](CO)O2)nn1. The third kappa shape index (κ3) is 4.76. The Morgan fingerprint density at radius 2 is 2.14 bits per heavy atom. The third-order valence-electron chi connectivity index (χ3n) is 5.67. The van der Waals surface area contributed by atoms with Crippen molar-refractivity contribution in [2.45, 2.75) is 56.9 Å². The molecule has 2 aliphatic rings. The van der Waals surface area contributed by atoms with E-state index in [1.807, 2.05) is 30.5 Å².